The van der Waals surface area contributed by atoms with E-state index < -0.39 is 24.0 Å². The minimum absolute atomic E-state index is 0.328. The normalized spacial score (nSPS) is 10.4. The number of carbonyl (C=O) groups is 3. The number of hydrogen-bond acceptors (Lipinski definition) is 3. The van der Waals surface area contributed by atoms with Crippen LogP contribution >= 0.6 is 0 Å². The molecule has 0 radical (unpaired) electrons. The van der Waals surface area contributed by atoms with E-state index >= 15 is 0 Å². The number of ketones is 2. The van der Waals surface area contributed by atoms with Gasteiger partial charge in [-0.15, -0.1) is 0 Å². The third kappa shape index (κ3) is 2.23. The summed E-state index contributed by atoms with van der Waals surface area (Å²) in [6.45, 7) is 0. The summed E-state index contributed by atoms with van der Waals surface area (Å²) in [6, 6.07) is 6.77. The summed E-state index contributed by atoms with van der Waals surface area (Å²) in [5.74, 6) is -3.17. The SMILES string of the molecule is O=C(O)C(=O)CC(=O)c1ccc2cc[nH]c2c1. The molecule has 5 heteroatoms. The Morgan fingerprint density at radius 2 is 1.94 bits per heavy atom. The van der Waals surface area contributed by atoms with Crippen molar-refractivity contribution in [2.45, 2.75) is 6.42 Å². The Morgan fingerprint density at radius 3 is 2.65 bits per heavy atom. The minimum atomic E-state index is -1.58. The average Bonchev–Trinajstić information content (AvgIpc) is 2.75. The lowest BCUT2D eigenvalue weighted by Gasteiger charge is -1.99. The van der Waals surface area contributed by atoms with Crippen LogP contribution in [0.25, 0.3) is 10.9 Å². The molecular weight excluding hydrogens is 222 g/mol. The van der Waals surface area contributed by atoms with Crippen LogP contribution in [0.4, 0.5) is 0 Å². The average molecular weight is 231 g/mol. The van der Waals surface area contributed by atoms with Crippen molar-refractivity contribution in [3.8, 4) is 0 Å². The van der Waals surface area contributed by atoms with Crippen LogP contribution in [0.1, 0.15) is 16.8 Å². The second-order valence-corrected chi connectivity index (χ2v) is 3.61. The molecule has 86 valence electrons. The van der Waals surface area contributed by atoms with Crippen molar-refractivity contribution in [3.05, 3.63) is 36.0 Å². The maximum absolute atomic E-state index is 11.6. The number of nitrogens with one attached hydrogen (secondary N) is 1. The van der Waals surface area contributed by atoms with Crippen LogP contribution in [0.15, 0.2) is 30.5 Å². The molecule has 0 spiro atoms. The zero-order valence-corrected chi connectivity index (χ0v) is 8.77. The highest BCUT2D eigenvalue weighted by Gasteiger charge is 2.17. The molecule has 0 amide bonds. The molecule has 1 aromatic carbocycles. The van der Waals surface area contributed by atoms with E-state index in [2.05, 4.69) is 4.98 Å². The molecule has 2 N–H and O–H groups in total. The summed E-state index contributed by atoms with van der Waals surface area (Å²) in [4.78, 5) is 35.8. The Kier molecular flexibility index (Phi) is 2.74. The van der Waals surface area contributed by atoms with Crippen LogP contribution < -0.4 is 0 Å². The minimum Gasteiger partial charge on any atom is -0.475 e. The van der Waals surface area contributed by atoms with Gasteiger partial charge in [-0.1, -0.05) is 12.1 Å². The molecule has 0 fully saturated rings. The van der Waals surface area contributed by atoms with Crippen LogP contribution in [-0.2, 0) is 9.59 Å². The predicted molar refractivity (Wildman–Crippen MR) is 59.9 cm³/mol. The zero-order chi connectivity index (χ0) is 12.4. The number of hydrogen-bond donors (Lipinski definition) is 2. The molecule has 0 bridgehead atoms. The summed E-state index contributed by atoms with van der Waals surface area (Å²) in [5, 5.41) is 9.36. The fourth-order valence-corrected chi connectivity index (χ4v) is 1.54. The number of fused-ring (bicyclic) bond motifs is 1. The first-order valence-corrected chi connectivity index (χ1v) is 4.94. The first-order valence-electron chi connectivity index (χ1n) is 4.94. The lowest BCUT2D eigenvalue weighted by Crippen LogP contribution is -2.17. The molecule has 1 aromatic heterocycles. The van der Waals surface area contributed by atoms with Crippen molar-refractivity contribution >= 4 is 28.4 Å². The van der Waals surface area contributed by atoms with Crippen LogP contribution in [0.3, 0.4) is 0 Å². The van der Waals surface area contributed by atoms with Gasteiger partial charge >= 0.3 is 5.97 Å². The molecule has 0 aliphatic heterocycles. The molecule has 0 aliphatic rings. The molecule has 0 aliphatic carbocycles. The maximum Gasteiger partial charge on any atom is 0.372 e. The number of carbonyl (C=O) groups excluding carboxylic acids is 2. The number of carboxylic acid groups (broad SMARTS) is 1. The van der Waals surface area contributed by atoms with Gasteiger partial charge in [0.25, 0.3) is 0 Å². The van der Waals surface area contributed by atoms with Gasteiger partial charge in [0.2, 0.25) is 5.78 Å². The fourth-order valence-electron chi connectivity index (χ4n) is 1.54. The molecule has 0 saturated heterocycles. The highest BCUT2D eigenvalue weighted by atomic mass is 16.4. The summed E-state index contributed by atoms with van der Waals surface area (Å²) < 4.78 is 0. The smallest absolute Gasteiger partial charge is 0.372 e. The van der Waals surface area contributed by atoms with Gasteiger partial charge in [0.1, 0.15) is 0 Å². The van der Waals surface area contributed by atoms with E-state index in [1.165, 1.54) is 0 Å². The number of benzene rings is 1. The summed E-state index contributed by atoms with van der Waals surface area (Å²) in [5.41, 5.74) is 1.10. The third-order valence-electron chi connectivity index (χ3n) is 2.44. The molecular formula is C12H9NO4. The van der Waals surface area contributed by atoms with E-state index in [1.807, 2.05) is 6.07 Å². The molecule has 2 aromatic rings. The molecule has 0 unspecified atom stereocenters. The largest absolute Gasteiger partial charge is 0.475 e. The van der Waals surface area contributed by atoms with Crippen molar-refractivity contribution in [2.75, 3.05) is 0 Å². The topological polar surface area (TPSA) is 87.2 Å². The number of Topliss-reactive ketones (excluding diaryl/α,β-unsaturated/α-hetero) is 2. The van der Waals surface area contributed by atoms with Crippen LogP contribution in [0.2, 0.25) is 0 Å². The van der Waals surface area contributed by atoms with E-state index in [4.69, 9.17) is 5.11 Å². The number of aromatic amines is 1. The van der Waals surface area contributed by atoms with Gasteiger partial charge in [-0.2, -0.15) is 0 Å². The number of carboxylic acids is 1. The molecule has 17 heavy (non-hydrogen) atoms. The van der Waals surface area contributed by atoms with E-state index in [-0.39, 0.29) is 0 Å². The Morgan fingerprint density at radius 1 is 1.18 bits per heavy atom. The lowest BCUT2D eigenvalue weighted by atomic mass is 10.0. The van der Waals surface area contributed by atoms with E-state index in [9.17, 15) is 14.4 Å². The first-order chi connectivity index (χ1) is 8.08. The standard InChI is InChI=1S/C12H9NO4/c14-10(6-11(15)12(16)17)8-2-1-7-3-4-13-9(7)5-8/h1-5,13H,6H2,(H,16,17). The van der Waals surface area contributed by atoms with Gasteiger partial charge in [-0.3, -0.25) is 9.59 Å². The molecule has 2 rings (SSSR count). The summed E-state index contributed by atoms with van der Waals surface area (Å²) in [7, 11) is 0. The fraction of sp³-hybridized carbons (Fsp3) is 0.0833. The first kappa shape index (κ1) is 11.1. The Bertz CT molecular complexity index is 612. The number of aromatic nitrogens is 1. The number of rotatable bonds is 4. The second-order valence-electron chi connectivity index (χ2n) is 3.61. The van der Waals surface area contributed by atoms with Crippen molar-refractivity contribution < 1.29 is 19.5 Å². The van der Waals surface area contributed by atoms with Gasteiger partial charge in [0, 0.05) is 17.3 Å². The summed E-state index contributed by atoms with van der Waals surface area (Å²) >= 11 is 0. The number of H-pyrrole nitrogens is 1. The van der Waals surface area contributed by atoms with E-state index in [0.717, 1.165) is 10.9 Å². The number of aliphatic carboxylic acids is 1. The molecule has 0 atom stereocenters. The van der Waals surface area contributed by atoms with Crippen LogP contribution in [0.5, 0.6) is 0 Å². The molecule has 1 heterocycles. The quantitative estimate of drug-likeness (QED) is 0.473. The van der Waals surface area contributed by atoms with Gasteiger partial charge in [0.15, 0.2) is 5.78 Å². The highest BCUT2D eigenvalue weighted by molar-refractivity contribution is 6.37. The Labute approximate surface area is 96.1 Å². The van der Waals surface area contributed by atoms with Gasteiger partial charge in [0.05, 0.1) is 6.42 Å². The van der Waals surface area contributed by atoms with Crippen molar-refractivity contribution in [1.29, 1.82) is 0 Å². The van der Waals surface area contributed by atoms with Crippen molar-refractivity contribution in [3.63, 3.8) is 0 Å². The maximum atomic E-state index is 11.6. The van der Waals surface area contributed by atoms with E-state index in [1.54, 1.807) is 24.4 Å². The molecule has 5 nitrogen and oxygen atoms in total. The monoisotopic (exact) mass is 231 g/mol. The highest BCUT2D eigenvalue weighted by Crippen LogP contribution is 2.15. The second kappa shape index (κ2) is 4.21. The van der Waals surface area contributed by atoms with Crippen molar-refractivity contribution in [2.24, 2.45) is 0 Å². The lowest BCUT2D eigenvalue weighted by molar-refractivity contribution is -0.148. The predicted octanol–water partition coefficient (Wildman–Crippen LogP) is 1.39. The van der Waals surface area contributed by atoms with Crippen molar-refractivity contribution in [1.82, 2.24) is 4.98 Å². The van der Waals surface area contributed by atoms with Gasteiger partial charge in [-0.25, -0.2) is 4.79 Å². The van der Waals surface area contributed by atoms with Crippen LogP contribution in [0, 0.1) is 0 Å². The Balaban J connectivity index is 2.24. The summed E-state index contributed by atoms with van der Waals surface area (Å²) in [6.07, 6.45) is 1.13. The Hall–Kier alpha value is -2.43. The zero-order valence-electron chi connectivity index (χ0n) is 8.77. The third-order valence-corrected chi connectivity index (χ3v) is 2.44. The van der Waals surface area contributed by atoms with Gasteiger partial charge in [-0.05, 0) is 17.5 Å². The van der Waals surface area contributed by atoms with Gasteiger partial charge < -0.3 is 10.1 Å². The molecule has 0 saturated carbocycles. The van der Waals surface area contributed by atoms with Crippen LogP contribution in [-0.4, -0.2) is 27.6 Å². The van der Waals surface area contributed by atoms with E-state index in [0.29, 0.717) is 5.56 Å².